The average Bonchev–Trinajstić information content (AvgIpc) is 3.04. The average molecular weight is 372 g/mol. The van der Waals surface area contributed by atoms with Crippen LogP contribution in [0.15, 0.2) is 60.8 Å². The Bertz CT molecular complexity index is 1200. The van der Waals surface area contributed by atoms with Crippen LogP contribution in [0, 0.1) is 0 Å². The number of carbonyl (C=O) groups excluding carboxylic acids is 2. The van der Waals surface area contributed by atoms with E-state index in [1.807, 2.05) is 24.3 Å². The van der Waals surface area contributed by atoms with Crippen LogP contribution in [0.5, 0.6) is 0 Å². The number of aromatic amines is 1. The summed E-state index contributed by atoms with van der Waals surface area (Å²) in [5.74, 6) is -0.616. The Balaban J connectivity index is 1.56. The van der Waals surface area contributed by atoms with Gasteiger partial charge in [-0.15, -0.1) is 0 Å². The molecule has 2 heterocycles. The fourth-order valence-corrected chi connectivity index (χ4v) is 3.44. The van der Waals surface area contributed by atoms with Gasteiger partial charge in [0.05, 0.1) is 17.4 Å². The van der Waals surface area contributed by atoms with Crippen molar-refractivity contribution in [3.63, 3.8) is 0 Å². The highest BCUT2D eigenvalue weighted by molar-refractivity contribution is 6.14. The smallest absolute Gasteiger partial charge is 0.234 e. The van der Waals surface area contributed by atoms with Gasteiger partial charge in [0.15, 0.2) is 0 Å². The van der Waals surface area contributed by atoms with Crippen LogP contribution < -0.4 is 10.6 Å². The zero-order valence-corrected chi connectivity index (χ0v) is 15.5. The lowest BCUT2D eigenvalue weighted by Gasteiger charge is -2.19. The molecule has 3 N–H and O–H groups in total. The van der Waals surface area contributed by atoms with Crippen molar-refractivity contribution in [2.75, 3.05) is 10.6 Å². The summed E-state index contributed by atoms with van der Waals surface area (Å²) in [6, 6.07) is 16.8. The van der Waals surface area contributed by atoms with Crippen molar-refractivity contribution in [1.82, 2.24) is 9.97 Å². The third-order valence-electron chi connectivity index (χ3n) is 4.73. The summed E-state index contributed by atoms with van der Waals surface area (Å²) in [5, 5.41) is 2.20. The van der Waals surface area contributed by atoms with Crippen LogP contribution in [-0.4, -0.2) is 21.8 Å². The Labute approximate surface area is 162 Å². The number of nitrogens with one attached hydrogen (secondary N) is 1. The Morgan fingerprint density at radius 1 is 1.04 bits per heavy atom. The molecule has 2 aromatic heterocycles. The van der Waals surface area contributed by atoms with Crippen LogP contribution in [0.3, 0.4) is 0 Å². The minimum Gasteiger partial charge on any atom is -0.399 e. The molecule has 4 aromatic rings. The molecule has 0 spiro atoms. The quantitative estimate of drug-likeness (QED) is 0.533. The fourth-order valence-electron chi connectivity index (χ4n) is 3.44. The molecule has 0 fully saturated rings. The van der Waals surface area contributed by atoms with Crippen LogP contribution in [0.2, 0.25) is 0 Å². The van der Waals surface area contributed by atoms with Gasteiger partial charge in [0.25, 0.3) is 0 Å². The van der Waals surface area contributed by atoms with Crippen LogP contribution in [0.4, 0.5) is 11.4 Å². The summed E-state index contributed by atoms with van der Waals surface area (Å²) in [6.07, 6.45) is 2.41. The summed E-state index contributed by atoms with van der Waals surface area (Å²) < 4.78 is 0. The van der Waals surface area contributed by atoms with E-state index in [4.69, 9.17) is 5.73 Å². The van der Waals surface area contributed by atoms with Gasteiger partial charge < -0.3 is 10.7 Å². The van der Waals surface area contributed by atoms with Gasteiger partial charge in [-0.2, -0.15) is 0 Å². The van der Waals surface area contributed by atoms with Crippen molar-refractivity contribution in [1.29, 1.82) is 0 Å². The SMILES string of the molecule is CC(=O)N(C(=O)CCc1cc2c(cn1)[nH]c1ccccc12)c1cccc(N)c1. The maximum atomic E-state index is 12.7. The summed E-state index contributed by atoms with van der Waals surface area (Å²) >= 11 is 0. The third-order valence-corrected chi connectivity index (χ3v) is 4.73. The minimum absolute atomic E-state index is 0.176. The second kappa shape index (κ2) is 7.15. The third kappa shape index (κ3) is 3.32. The van der Waals surface area contributed by atoms with Gasteiger partial charge in [-0.3, -0.25) is 19.5 Å². The van der Waals surface area contributed by atoms with E-state index in [-0.39, 0.29) is 18.2 Å². The number of rotatable bonds is 4. The molecule has 2 aromatic carbocycles. The lowest BCUT2D eigenvalue weighted by atomic mass is 10.1. The van der Waals surface area contributed by atoms with E-state index in [2.05, 4.69) is 16.0 Å². The molecule has 0 bridgehead atoms. The molecule has 140 valence electrons. The van der Waals surface area contributed by atoms with Crippen LogP contribution >= 0.6 is 0 Å². The van der Waals surface area contributed by atoms with Gasteiger partial charge in [-0.1, -0.05) is 24.3 Å². The van der Waals surface area contributed by atoms with E-state index < -0.39 is 0 Å². The first-order valence-electron chi connectivity index (χ1n) is 9.07. The molecule has 28 heavy (non-hydrogen) atoms. The molecule has 6 nitrogen and oxygen atoms in total. The molecule has 0 aliphatic carbocycles. The van der Waals surface area contributed by atoms with Crippen molar-refractivity contribution in [2.24, 2.45) is 0 Å². The van der Waals surface area contributed by atoms with Crippen molar-refractivity contribution in [2.45, 2.75) is 19.8 Å². The molecule has 0 saturated carbocycles. The minimum atomic E-state index is -0.337. The Morgan fingerprint density at radius 3 is 2.64 bits per heavy atom. The largest absolute Gasteiger partial charge is 0.399 e. The van der Waals surface area contributed by atoms with E-state index in [9.17, 15) is 9.59 Å². The molecular formula is C22H20N4O2. The Kier molecular flexibility index (Phi) is 4.53. The first kappa shape index (κ1) is 17.7. The van der Waals surface area contributed by atoms with E-state index >= 15 is 0 Å². The standard InChI is InChI=1S/C22H20N4O2/c1-14(27)26(17-6-4-5-15(23)11-17)22(28)10-9-16-12-19-18-7-2-3-8-20(18)25-21(19)13-24-16/h2-8,11-13,25H,9-10,23H2,1H3. The van der Waals surface area contributed by atoms with E-state index in [0.29, 0.717) is 17.8 Å². The predicted octanol–water partition coefficient (Wildman–Crippen LogP) is 3.81. The molecule has 0 aliphatic heterocycles. The second-order valence-electron chi connectivity index (χ2n) is 6.73. The van der Waals surface area contributed by atoms with Crippen molar-refractivity contribution in [3.05, 3.63) is 66.5 Å². The number of H-pyrrole nitrogens is 1. The number of aryl methyl sites for hydroxylation is 1. The highest BCUT2D eigenvalue weighted by Gasteiger charge is 2.20. The zero-order chi connectivity index (χ0) is 19.7. The highest BCUT2D eigenvalue weighted by atomic mass is 16.2. The molecule has 2 amide bonds. The normalized spacial score (nSPS) is 11.0. The number of nitrogens with zero attached hydrogens (tertiary/aromatic N) is 2. The summed E-state index contributed by atoms with van der Waals surface area (Å²) in [6.45, 7) is 1.37. The summed E-state index contributed by atoms with van der Waals surface area (Å²) in [4.78, 5) is 33.7. The first-order chi connectivity index (χ1) is 13.5. The molecule has 0 unspecified atom stereocenters. The number of carbonyl (C=O) groups is 2. The molecule has 0 aliphatic rings. The van der Waals surface area contributed by atoms with Gasteiger partial charge in [0.1, 0.15) is 0 Å². The number of para-hydroxylation sites is 1. The number of anilines is 2. The lowest BCUT2D eigenvalue weighted by Crippen LogP contribution is -2.35. The maximum absolute atomic E-state index is 12.7. The van der Waals surface area contributed by atoms with Crippen LogP contribution in [0.25, 0.3) is 21.8 Å². The highest BCUT2D eigenvalue weighted by Crippen LogP contribution is 2.25. The number of hydrogen-bond acceptors (Lipinski definition) is 4. The van der Waals surface area contributed by atoms with E-state index in [1.165, 1.54) is 11.8 Å². The van der Waals surface area contributed by atoms with Gasteiger partial charge in [-0.05, 0) is 36.8 Å². The maximum Gasteiger partial charge on any atom is 0.234 e. The van der Waals surface area contributed by atoms with Gasteiger partial charge in [-0.25, -0.2) is 0 Å². The topological polar surface area (TPSA) is 92.1 Å². The zero-order valence-electron chi connectivity index (χ0n) is 15.5. The number of hydrogen-bond donors (Lipinski definition) is 2. The fraction of sp³-hybridized carbons (Fsp3) is 0.136. The molecule has 0 saturated heterocycles. The van der Waals surface area contributed by atoms with Gasteiger partial charge in [0.2, 0.25) is 11.8 Å². The van der Waals surface area contributed by atoms with Gasteiger partial charge >= 0.3 is 0 Å². The number of benzene rings is 2. The Morgan fingerprint density at radius 2 is 1.86 bits per heavy atom. The van der Waals surface area contributed by atoms with E-state index in [1.54, 1.807) is 30.5 Å². The Hall–Kier alpha value is -3.67. The van der Waals surface area contributed by atoms with Gasteiger partial charge in [0, 0.05) is 41.0 Å². The number of nitrogen functional groups attached to an aromatic ring is 1. The molecule has 4 rings (SSSR count). The summed E-state index contributed by atoms with van der Waals surface area (Å²) in [7, 11) is 0. The van der Waals surface area contributed by atoms with Crippen LogP contribution in [0.1, 0.15) is 19.0 Å². The summed E-state index contributed by atoms with van der Waals surface area (Å²) in [5.41, 5.74) is 9.59. The number of imide groups is 1. The molecule has 6 heteroatoms. The number of fused-ring (bicyclic) bond motifs is 3. The molecule has 0 radical (unpaired) electrons. The number of pyridine rings is 1. The number of aromatic nitrogens is 2. The molecular weight excluding hydrogens is 352 g/mol. The lowest BCUT2D eigenvalue weighted by molar-refractivity contribution is -0.125. The van der Waals surface area contributed by atoms with Crippen molar-refractivity contribution < 1.29 is 9.59 Å². The monoisotopic (exact) mass is 372 g/mol. The second-order valence-corrected chi connectivity index (χ2v) is 6.73. The van der Waals surface area contributed by atoms with Crippen molar-refractivity contribution in [3.8, 4) is 0 Å². The predicted molar refractivity (Wildman–Crippen MR) is 111 cm³/mol. The van der Waals surface area contributed by atoms with Crippen molar-refractivity contribution >= 4 is 45.0 Å². The molecule has 0 atom stereocenters. The number of amides is 2. The van der Waals surface area contributed by atoms with Crippen LogP contribution in [-0.2, 0) is 16.0 Å². The van der Waals surface area contributed by atoms with E-state index in [0.717, 1.165) is 27.5 Å². The first-order valence-corrected chi connectivity index (χ1v) is 9.07. The number of nitrogens with two attached hydrogens (primary N) is 1.